The van der Waals surface area contributed by atoms with Crippen LogP contribution in [0.1, 0.15) is 37.8 Å². The van der Waals surface area contributed by atoms with Crippen molar-refractivity contribution in [2.24, 2.45) is 0 Å². The Morgan fingerprint density at radius 3 is 2.59 bits per heavy atom. The molecule has 0 aliphatic carbocycles. The fraction of sp³-hybridized carbons (Fsp3) is 0.333. The number of nitrogens with zero attached hydrogens (tertiary/aromatic N) is 2. The Morgan fingerprint density at radius 2 is 1.94 bits per heavy atom. The van der Waals surface area contributed by atoms with Crippen LogP contribution in [-0.2, 0) is 19.6 Å². The number of allylic oxidation sites excluding steroid dienone is 1. The fourth-order valence-corrected chi connectivity index (χ4v) is 5.53. The molecule has 3 aliphatic heterocycles. The number of nitrogens with one attached hydrogen (secondary N) is 1. The van der Waals surface area contributed by atoms with Crippen LogP contribution in [0.15, 0.2) is 48.4 Å². The lowest BCUT2D eigenvalue weighted by atomic mass is 9.93. The maximum atomic E-state index is 13.6. The molecule has 5 rings (SSSR count). The highest BCUT2D eigenvalue weighted by atomic mass is 32.2. The Kier molecular flexibility index (Phi) is 5.25. The summed E-state index contributed by atoms with van der Waals surface area (Å²) in [6.45, 7) is 4.77. The minimum Gasteiger partial charge on any atom is -0.482 e. The molecule has 1 amide bonds. The van der Waals surface area contributed by atoms with Crippen molar-refractivity contribution < 1.29 is 26.9 Å². The van der Waals surface area contributed by atoms with E-state index >= 15 is 0 Å². The average molecular weight is 486 g/mol. The first-order chi connectivity index (χ1) is 16.0. The van der Waals surface area contributed by atoms with Crippen molar-refractivity contribution >= 4 is 38.7 Å². The van der Waals surface area contributed by atoms with Crippen molar-refractivity contribution in [1.82, 2.24) is 4.98 Å². The van der Waals surface area contributed by atoms with Gasteiger partial charge in [-0.15, -0.1) is 0 Å². The van der Waals surface area contributed by atoms with Gasteiger partial charge in [0.15, 0.2) is 0 Å². The monoisotopic (exact) mass is 485 g/mol. The van der Waals surface area contributed by atoms with Crippen molar-refractivity contribution in [2.75, 3.05) is 23.3 Å². The van der Waals surface area contributed by atoms with Gasteiger partial charge in [0.05, 0.1) is 16.5 Å². The molecular weight excluding hydrogens is 461 g/mol. The number of carbonyl (C=O) groups is 1. The molecule has 4 heterocycles. The highest BCUT2D eigenvalue weighted by Gasteiger charge is 2.38. The van der Waals surface area contributed by atoms with Crippen LogP contribution in [0.4, 0.5) is 15.9 Å². The van der Waals surface area contributed by atoms with Crippen LogP contribution in [0.3, 0.4) is 0 Å². The van der Waals surface area contributed by atoms with E-state index in [4.69, 9.17) is 4.74 Å². The topological polar surface area (TPSA) is 109 Å². The molecule has 1 fully saturated rings. The molecule has 1 aromatic heterocycles. The number of hydrogen-bond acceptors (Lipinski definition) is 6. The largest absolute Gasteiger partial charge is 0.482 e. The molecule has 1 aromatic carbocycles. The molecule has 0 saturated carbocycles. The zero-order chi connectivity index (χ0) is 24.3. The Bertz CT molecular complexity index is 1340. The van der Waals surface area contributed by atoms with Gasteiger partial charge in [0.25, 0.3) is 16.0 Å². The van der Waals surface area contributed by atoms with Crippen molar-refractivity contribution in [1.29, 1.82) is 0 Å². The van der Waals surface area contributed by atoms with Gasteiger partial charge >= 0.3 is 0 Å². The molecule has 10 heteroatoms. The van der Waals surface area contributed by atoms with E-state index in [1.54, 1.807) is 12.3 Å². The molecule has 8 nitrogen and oxygen atoms in total. The van der Waals surface area contributed by atoms with Gasteiger partial charge in [-0.05, 0) is 63.1 Å². The third-order valence-corrected chi connectivity index (χ3v) is 7.82. The van der Waals surface area contributed by atoms with E-state index in [0.717, 1.165) is 17.0 Å². The zero-order valence-corrected chi connectivity index (χ0v) is 19.5. The zero-order valence-electron chi connectivity index (χ0n) is 18.7. The van der Waals surface area contributed by atoms with E-state index < -0.39 is 26.8 Å². The van der Waals surface area contributed by atoms with E-state index in [-0.39, 0.29) is 5.91 Å². The van der Waals surface area contributed by atoms with Crippen LogP contribution in [0.25, 0.3) is 11.1 Å². The third-order valence-electron chi connectivity index (χ3n) is 6.51. The molecular formula is C24H24FN3O5S. The first-order valence-electron chi connectivity index (χ1n) is 11.0. The van der Waals surface area contributed by atoms with Crippen LogP contribution in [0.5, 0.6) is 0 Å². The summed E-state index contributed by atoms with van der Waals surface area (Å²) in [4.78, 5) is 19.2. The number of aromatic nitrogens is 1. The number of rotatable bonds is 3. The summed E-state index contributed by atoms with van der Waals surface area (Å²) in [5.74, 6) is 0.368. The summed E-state index contributed by atoms with van der Waals surface area (Å²) in [5, 5.41) is 1.96. The lowest BCUT2D eigenvalue weighted by Crippen LogP contribution is -2.39. The molecule has 0 atom stereocenters. The van der Waals surface area contributed by atoms with Gasteiger partial charge in [-0.25, -0.2) is 9.37 Å². The summed E-state index contributed by atoms with van der Waals surface area (Å²) in [7, 11) is -4.02. The average Bonchev–Trinajstić information content (AvgIpc) is 3.27. The molecule has 2 aromatic rings. The highest BCUT2D eigenvalue weighted by molar-refractivity contribution is 7.86. The van der Waals surface area contributed by atoms with Gasteiger partial charge in [0, 0.05) is 36.0 Å². The van der Waals surface area contributed by atoms with Crippen LogP contribution in [0.2, 0.25) is 0 Å². The second kappa shape index (κ2) is 7.92. The van der Waals surface area contributed by atoms with Crippen LogP contribution in [0, 0.1) is 5.82 Å². The van der Waals surface area contributed by atoms with Gasteiger partial charge < -0.3 is 15.0 Å². The molecule has 0 radical (unpaired) electrons. The number of amides is 1. The first kappa shape index (κ1) is 22.5. The van der Waals surface area contributed by atoms with Gasteiger partial charge in [-0.2, -0.15) is 8.42 Å². The minimum atomic E-state index is -4.02. The molecule has 1 saturated heterocycles. The predicted molar refractivity (Wildman–Crippen MR) is 126 cm³/mol. The summed E-state index contributed by atoms with van der Waals surface area (Å²) >= 11 is 0. The minimum absolute atomic E-state index is 0.342. The molecule has 2 N–H and O–H groups in total. The Morgan fingerprint density at radius 1 is 1.21 bits per heavy atom. The third kappa shape index (κ3) is 3.97. The maximum absolute atomic E-state index is 13.6. The fourth-order valence-electron chi connectivity index (χ4n) is 4.72. The van der Waals surface area contributed by atoms with Gasteiger partial charge in [0.2, 0.25) is 0 Å². The number of pyridine rings is 1. The predicted octanol–water partition coefficient (Wildman–Crippen LogP) is 3.63. The molecule has 0 unspecified atom stereocenters. The lowest BCUT2D eigenvalue weighted by Gasteiger charge is -2.31. The SMILES string of the molecule is CC1(C)O/C(=C2/C(=O)Nc3cc(F)ccc32)C=C1c1ccc(N2CCC(S(=O)(=O)O)CC2)nc1. The van der Waals surface area contributed by atoms with Crippen molar-refractivity contribution in [3.63, 3.8) is 0 Å². The number of benzene rings is 1. The number of ether oxygens (including phenoxy) is 1. The van der Waals surface area contributed by atoms with E-state index in [0.29, 0.717) is 48.5 Å². The number of carbonyl (C=O) groups excluding carboxylic acids is 1. The number of hydrogen-bond donors (Lipinski definition) is 2. The van der Waals surface area contributed by atoms with E-state index in [9.17, 15) is 22.2 Å². The van der Waals surface area contributed by atoms with Gasteiger partial charge in [-0.1, -0.05) is 0 Å². The van der Waals surface area contributed by atoms with Crippen molar-refractivity contribution in [3.05, 3.63) is 65.3 Å². The Balaban J connectivity index is 1.42. The van der Waals surface area contributed by atoms with Crippen molar-refractivity contribution in [3.8, 4) is 0 Å². The second-order valence-electron chi connectivity index (χ2n) is 9.16. The molecule has 34 heavy (non-hydrogen) atoms. The molecule has 0 bridgehead atoms. The van der Waals surface area contributed by atoms with Crippen LogP contribution in [-0.4, -0.2) is 47.8 Å². The Labute approximate surface area is 196 Å². The standard InChI is InChI=1S/C24H24FN3O5S/c1-24(2)18(12-20(33-24)22-17-5-4-15(25)11-19(17)27-23(22)29)14-3-6-21(26-13-14)28-9-7-16(8-10-28)34(30,31)32/h3-6,11-13,16H,7-10H2,1-2H3,(H,27,29)(H,30,31,32)/b22-20+. The maximum Gasteiger partial charge on any atom is 0.267 e. The number of anilines is 2. The van der Waals surface area contributed by atoms with Gasteiger partial charge in [0.1, 0.15) is 23.0 Å². The first-order valence-corrected chi connectivity index (χ1v) is 12.5. The quantitative estimate of drug-likeness (QED) is 0.505. The normalized spacial score (nSPS) is 22.3. The summed E-state index contributed by atoms with van der Waals surface area (Å²) in [6, 6.07) is 7.94. The summed E-state index contributed by atoms with van der Waals surface area (Å²) in [5.41, 5.74) is 2.33. The van der Waals surface area contributed by atoms with E-state index in [1.807, 2.05) is 37.0 Å². The lowest BCUT2D eigenvalue weighted by molar-refractivity contribution is -0.111. The molecule has 178 valence electrons. The summed E-state index contributed by atoms with van der Waals surface area (Å²) in [6.07, 6.45) is 4.24. The number of fused-ring (bicyclic) bond motifs is 1. The van der Waals surface area contributed by atoms with Crippen molar-refractivity contribution in [2.45, 2.75) is 37.5 Å². The van der Waals surface area contributed by atoms with E-state index in [1.165, 1.54) is 12.1 Å². The van der Waals surface area contributed by atoms with Crippen LogP contribution < -0.4 is 10.2 Å². The molecule has 3 aliphatic rings. The van der Waals surface area contributed by atoms with E-state index in [2.05, 4.69) is 10.3 Å². The number of piperidine rings is 1. The smallest absolute Gasteiger partial charge is 0.267 e. The molecule has 0 spiro atoms. The number of halogens is 1. The van der Waals surface area contributed by atoms with Gasteiger partial charge in [-0.3, -0.25) is 9.35 Å². The summed E-state index contributed by atoms with van der Waals surface area (Å²) < 4.78 is 51.7. The second-order valence-corrected chi connectivity index (χ2v) is 10.9. The Hall–Kier alpha value is -3.24. The van der Waals surface area contributed by atoms with Crippen LogP contribution >= 0.6 is 0 Å². The highest BCUT2D eigenvalue weighted by Crippen LogP contribution is 2.44.